The molecule has 0 amide bonds. The van der Waals surface area contributed by atoms with Gasteiger partial charge in [-0.3, -0.25) is 4.90 Å². The fraction of sp³-hybridized carbons (Fsp3) is 0.647. The summed E-state index contributed by atoms with van der Waals surface area (Å²) in [6, 6.07) is 9.67. The first-order valence-electron chi connectivity index (χ1n) is 8.05. The van der Waals surface area contributed by atoms with Gasteiger partial charge in [0.15, 0.2) is 0 Å². The highest BCUT2D eigenvalue weighted by Gasteiger charge is 2.31. The van der Waals surface area contributed by atoms with E-state index in [4.69, 9.17) is 0 Å². The summed E-state index contributed by atoms with van der Waals surface area (Å²) >= 11 is 2.53. The predicted molar refractivity (Wildman–Crippen MR) is 107 cm³/mol. The average Bonchev–Trinajstić information content (AvgIpc) is 2.52. The Balaban J connectivity index is 0.00000121. The third-order valence-corrected chi connectivity index (χ3v) is 5.85. The fourth-order valence-corrected chi connectivity index (χ4v) is 4.58. The zero-order chi connectivity index (χ0) is 13.8. The van der Waals surface area contributed by atoms with Crippen LogP contribution in [0.3, 0.4) is 0 Å². The molecule has 0 bridgehead atoms. The third kappa shape index (κ3) is 4.97. The van der Waals surface area contributed by atoms with Crippen LogP contribution < -0.4 is 5.32 Å². The smallest absolute Gasteiger partial charge is 0.0387 e. The summed E-state index contributed by atoms with van der Waals surface area (Å²) in [5.74, 6) is 0.859. The summed E-state index contributed by atoms with van der Waals surface area (Å²) in [5, 5.41) is 3.50. The molecule has 0 unspecified atom stereocenters. The Bertz CT molecular complexity index is 414. The lowest BCUT2D eigenvalue weighted by Crippen LogP contribution is -2.47. The van der Waals surface area contributed by atoms with Crippen molar-refractivity contribution in [3.63, 3.8) is 0 Å². The minimum absolute atomic E-state index is 0. The van der Waals surface area contributed by atoms with Crippen molar-refractivity contribution in [1.82, 2.24) is 10.2 Å². The van der Waals surface area contributed by atoms with E-state index in [0.29, 0.717) is 6.04 Å². The molecule has 1 aromatic carbocycles. The number of rotatable bonds is 3. The molecule has 3 rings (SSSR count). The van der Waals surface area contributed by atoms with E-state index >= 15 is 0 Å². The number of nitrogens with zero attached hydrogens (tertiary/aromatic N) is 1. The molecule has 5 heteroatoms. The first-order valence-corrected chi connectivity index (χ1v) is 9.13. The molecule has 0 spiro atoms. The maximum Gasteiger partial charge on any atom is 0.0387 e. The number of benzene rings is 1. The van der Waals surface area contributed by atoms with Crippen LogP contribution in [-0.2, 0) is 0 Å². The Kier molecular flexibility index (Phi) is 9.64. The minimum Gasteiger partial charge on any atom is -0.314 e. The van der Waals surface area contributed by atoms with Gasteiger partial charge < -0.3 is 5.32 Å². The summed E-state index contributed by atoms with van der Waals surface area (Å²) < 4.78 is 1.44. The molecular formula is C17H27Cl2IN2. The Hall–Kier alpha value is 0.450. The van der Waals surface area contributed by atoms with Crippen LogP contribution in [0.1, 0.15) is 43.7 Å². The first kappa shape index (κ1) is 20.5. The maximum absolute atomic E-state index is 3.50. The Morgan fingerprint density at radius 2 is 1.64 bits per heavy atom. The zero-order valence-corrected chi connectivity index (χ0v) is 16.8. The second-order valence-corrected chi connectivity index (χ2v) is 7.31. The van der Waals surface area contributed by atoms with Gasteiger partial charge in [0.2, 0.25) is 0 Å². The fourth-order valence-electron chi connectivity index (χ4n) is 3.87. The molecule has 22 heavy (non-hydrogen) atoms. The number of nitrogens with one attached hydrogen (secondary N) is 1. The molecule has 0 aromatic heterocycles. The van der Waals surface area contributed by atoms with E-state index in [2.05, 4.69) is 57.1 Å². The van der Waals surface area contributed by atoms with Crippen molar-refractivity contribution in [1.29, 1.82) is 0 Å². The van der Waals surface area contributed by atoms with Gasteiger partial charge >= 0.3 is 0 Å². The van der Waals surface area contributed by atoms with E-state index in [1.54, 1.807) is 5.56 Å². The van der Waals surface area contributed by atoms with Crippen molar-refractivity contribution < 1.29 is 0 Å². The summed E-state index contributed by atoms with van der Waals surface area (Å²) in [5.41, 5.74) is 1.57. The van der Waals surface area contributed by atoms with Crippen LogP contribution in [0.25, 0.3) is 0 Å². The molecule has 126 valence electrons. The number of piperazine rings is 1. The van der Waals surface area contributed by atoms with Crippen LogP contribution in [0.5, 0.6) is 0 Å². The molecule has 2 fully saturated rings. The second-order valence-electron chi connectivity index (χ2n) is 6.15. The molecular weight excluding hydrogens is 430 g/mol. The largest absolute Gasteiger partial charge is 0.314 e. The van der Waals surface area contributed by atoms with Crippen LogP contribution in [0.2, 0.25) is 0 Å². The third-order valence-electron chi connectivity index (χ3n) is 4.87. The topological polar surface area (TPSA) is 15.3 Å². The molecule has 1 saturated heterocycles. The van der Waals surface area contributed by atoms with Gasteiger partial charge in [0.05, 0.1) is 0 Å². The molecule has 0 radical (unpaired) electrons. The van der Waals surface area contributed by atoms with Gasteiger partial charge in [-0.2, -0.15) is 0 Å². The summed E-state index contributed by atoms with van der Waals surface area (Å²) in [7, 11) is 0. The first-order chi connectivity index (χ1) is 9.86. The maximum atomic E-state index is 3.50. The van der Waals surface area contributed by atoms with E-state index in [9.17, 15) is 0 Å². The van der Waals surface area contributed by atoms with Gasteiger partial charge in [-0.25, -0.2) is 0 Å². The average molecular weight is 457 g/mol. The van der Waals surface area contributed by atoms with Gasteiger partial charge in [-0.1, -0.05) is 37.5 Å². The normalized spacial score (nSPS) is 21.5. The van der Waals surface area contributed by atoms with E-state index in [1.807, 2.05) is 0 Å². The van der Waals surface area contributed by atoms with Crippen LogP contribution in [0.15, 0.2) is 24.3 Å². The van der Waals surface area contributed by atoms with Crippen LogP contribution >= 0.6 is 47.4 Å². The highest BCUT2D eigenvalue weighted by Crippen LogP contribution is 2.39. The van der Waals surface area contributed by atoms with Crippen molar-refractivity contribution in [3.05, 3.63) is 33.4 Å². The molecule has 1 aromatic rings. The van der Waals surface area contributed by atoms with Crippen LogP contribution in [-0.4, -0.2) is 31.1 Å². The Labute approximate surface area is 160 Å². The van der Waals surface area contributed by atoms with Gasteiger partial charge in [0.1, 0.15) is 0 Å². The molecule has 2 aliphatic rings. The minimum atomic E-state index is 0. The SMILES string of the molecule is Cl.Cl.Ic1ccccc1[C@@H](C1CCCCC1)N1CCNCC1. The number of hydrogen-bond donors (Lipinski definition) is 1. The van der Waals surface area contributed by atoms with Crippen LogP contribution in [0.4, 0.5) is 0 Å². The lowest BCUT2D eigenvalue weighted by Gasteiger charge is -2.41. The second kappa shape index (κ2) is 10.3. The van der Waals surface area contributed by atoms with Gasteiger partial charge in [-0.15, -0.1) is 24.8 Å². The molecule has 1 atom stereocenters. The van der Waals surface area contributed by atoms with Crippen molar-refractivity contribution in [2.24, 2.45) is 5.92 Å². The van der Waals surface area contributed by atoms with Crippen molar-refractivity contribution in [3.8, 4) is 0 Å². The standard InChI is InChI=1S/C17H25IN2.2ClH/c18-16-9-5-4-8-15(16)17(14-6-2-1-3-7-14)20-12-10-19-11-13-20;;/h4-5,8-9,14,17,19H,1-3,6-7,10-13H2;2*1H/t17-;;/m1../s1. The van der Waals surface area contributed by atoms with E-state index in [1.165, 1.54) is 48.8 Å². The molecule has 1 aliphatic heterocycles. The molecule has 1 saturated carbocycles. The highest BCUT2D eigenvalue weighted by atomic mass is 127. The van der Waals surface area contributed by atoms with E-state index in [0.717, 1.165) is 19.0 Å². The van der Waals surface area contributed by atoms with Crippen LogP contribution in [0, 0.1) is 9.49 Å². The lowest BCUT2D eigenvalue weighted by atomic mass is 9.80. The van der Waals surface area contributed by atoms with Gasteiger partial charge in [-0.05, 0) is 53.0 Å². The Morgan fingerprint density at radius 1 is 1.00 bits per heavy atom. The monoisotopic (exact) mass is 456 g/mol. The highest BCUT2D eigenvalue weighted by molar-refractivity contribution is 14.1. The van der Waals surface area contributed by atoms with Crippen molar-refractivity contribution >= 4 is 47.4 Å². The predicted octanol–water partition coefficient (Wildman–Crippen LogP) is 4.66. The molecule has 2 nitrogen and oxygen atoms in total. The summed E-state index contributed by atoms with van der Waals surface area (Å²) in [6.45, 7) is 4.69. The van der Waals surface area contributed by atoms with Crippen molar-refractivity contribution in [2.45, 2.75) is 38.1 Å². The summed E-state index contributed by atoms with van der Waals surface area (Å²) in [4.78, 5) is 2.74. The quantitative estimate of drug-likeness (QED) is 0.665. The summed E-state index contributed by atoms with van der Waals surface area (Å²) in [6.07, 6.45) is 7.13. The zero-order valence-electron chi connectivity index (χ0n) is 13.0. The molecule has 1 heterocycles. The Morgan fingerprint density at radius 3 is 2.27 bits per heavy atom. The number of hydrogen-bond acceptors (Lipinski definition) is 2. The van der Waals surface area contributed by atoms with Gasteiger partial charge in [0, 0.05) is 35.8 Å². The van der Waals surface area contributed by atoms with Crippen molar-refractivity contribution in [2.75, 3.05) is 26.2 Å². The number of halogens is 3. The van der Waals surface area contributed by atoms with E-state index < -0.39 is 0 Å². The van der Waals surface area contributed by atoms with E-state index in [-0.39, 0.29) is 24.8 Å². The lowest BCUT2D eigenvalue weighted by molar-refractivity contribution is 0.103. The molecule has 1 N–H and O–H groups in total. The molecule has 1 aliphatic carbocycles. The van der Waals surface area contributed by atoms with Gasteiger partial charge in [0.25, 0.3) is 0 Å².